The number of aromatic amines is 1. The predicted molar refractivity (Wildman–Crippen MR) is 118 cm³/mol. The largest absolute Gasteiger partial charge is 0.483 e. The Kier molecular flexibility index (Phi) is 6.26. The fraction of sp³-hybridized carbons (Fsp3) is 0.174. The van der Waals surface area contributed by atoms with Crippen LogP contribution in [0.2, 0.25) is 0 Å². The van der Waals surface area contributed by atoms with Crippen LogP contribution >= 0.6 is 0 Å². The Hall–Kier alpha value is -4.81. The van der Waals surface area contributed by atoms with Crippen molar-refractivity contribution in [2.24, 2.45) is 0 Å². The normalized spacial score (nSPS) is 12.8. The molecule has 3 heterocycles. The van der Waals surface area contributed by atoms with Gasteiger partial charge in [0, 0.05) is 24.2 Å². The number of carbonyl (C=O) groups is 1. The van der Waals surface area contributed by atoms with Crippen molar-refractivity contribution in [1.29, 1.82) is 0 Å². The van der Waals surface area contributed by atoms with E-state index in [1.165, 1.54) is 12.1 Å². The second-order valence-corrected chi connectivity index (χ2v) is 7.61. The summed E-state index contributed by atoms with van der Waals surface area (Å²) in [5, 5.41) is 15.8. The molecule has 184 valence electrons. The molecule has 0 radical (unpaired) electrons. The van der Waals surface area contributed by atoms with Crippen molar-refractivity contribution in [2.45, 2.75) is 19.6 Å². The molecule has 0 fully saturated rings. The van der Waals surface area contributed by atoms with E-state index in [1.54, 1.807) is 31.2 Å². The minimum absolute atomic E-state index is 0.0862. The summed E-state index contributed by atoms with van der Waals surface area (Å²) in [5.74, 6) is -0.215. The standard InChI is InChI=1S/C23H18F2N6O5/c1-12(21-28-30-31-29-21)35-15-3-2-13(18(25)7-15)9-26-22(32)17-6-14(24)10-27-23(17)36-16-4-5-19-20(8-16)34-11-33-19/h2-8,10,12H,9,11H2,1H3,(H,26,32)(H,28,29,30,31). The van der Waals surface area contributed by atoms with Gasteiger partial charge in [-0.3, -0.25) is 4.79 Å². The highest BCUT2D eigenvalue weighted by Gasteiger charge is 2.19. The SMILES string of the molecule is CC(Oc1ccc(CNC(=O)c2cc(F)cnc2Oc2ccc3c(c2)OCO3)c(F)c1)c1nnn[nH]1. The summed E-state index contributed by atoms with van der Waals surface area (Å²) in [7, 11) is 0. The number of ether oxygens (including phenoxy) is 4. The summed E-state index contributed by atoms with van der Waals surface area (Å²) >= 11 is 0. The number of nitrogens with one attached hydrogen (secondary N) is 2. The van der Waals surface area contributed by atoms with E-state index in [9.17, 15) is 13.6 Å². The minimum atomic E-state index is -0.734. The Balaban J connectivity index is 1.26. The van der Waals surface area contributed by atoms with Gasteiger partial charge in [0.15, 0.2) is 23.4 Å². The molecular weight excluding hydrogens is 478 g/mol. The van der Waals surface area contributed by atoms with Gasteiger partial charge in [0.05, 0.1) is 6.20 Å². The number of hydrogen-bond donors (Lipinski definition) is 2. The number of benzene rings is 2. The van der Waals surface area contributed by atoms with E-state index in [1.807, 2.05) is 0 Å². The molecule has 13 heteroatoms. The molecule has 2 aromatic carbocycles. The number of carbonyl (C=O) groups excluding carboxylic acids is 1. The number of pyridine rings is 1. The molecule has 0 bridgehead atoms. The lowest BCUT2D eigenvalue weighted by Gasteiger charge is -2.13. The number of nitrogens with zero attached hydrogens (tertiary/aromatic N) is 4. The Morgan fingerprint density at radius 3 is 2.78 bits per heavy atom. The van der Waals surface area contributed by atoms with E-state index in [2.05, 4.69) is 30.9 Å². The molecule has 36 heavy (non-hydrogen) atoms. The van der Waals surface area contributed by atoms with Crippen molar-refractivity contribution in [3.05, 3.63) is 77.2 Å². The van der Waals surface area contributed by atoms with Crippen molar-refractivity contribution < 1.29 is 32.5 Å². The quantitative estimate of drug-likeness (QED) is 0.376. The molecule has 1 unspecified atom stereocenters. The summed E-state index contributed by atoms with van der Waals surface area (Å²) < 4.78 is 50.4. The molecule has 1 aliphatic rings. The lowest BCUT2D eigenvalue weighted by Crippen LogP contribution is -2.24. The Morgan fingerprint density at radius 2 is 1.97 bits per heavy atom. The van der Waals surface area contributed by atoms with Crippen molar-refractivity contribution in [3.8, 4) is 28.9 Å². The number of fused-ring (bicyclic) bond motifs is 1. The van der Waals surface area contributed by atoms with Gasteiger partial charge in [-0.2, -0.15) is 0 Å². The van der Waals surface area contributed by atoms with Crippen LogP contribution in [0.4, 0.5) is 8.78 Å². The first-order valence-corrected chi connectivity index (χ1v) is 10.7. The van der Waals surface area contributed by atoms with Gasteiger partial charge in [0.2, 0.25) is 12.7 Å². The summed E-state index contributed by atoms with van der Waals surface area (Å²) in [4.78, 5) is 16.7. The number of hydrogen-bond acceptors (Lipinski definition) is 9. The Bertz CT molecular complexity index is 1400. The van der Waals surface area contributed by atoms with Crippen LogP contribution in [0.3, 0.4) is 0 Å². The molecule has 1 amide bonds. The predicted octanol–water partition coefficient (Wildman–Crippen LogP) is 3.46. The lowest BCUT2D eigenvalue weighted by atomic mass is 10.2. The zero-order valence-electron chi connectivity index (χ0n) is 18.7. The number of halogens is 2. The van der Waals surface area contributed by atoms with E-state index in [-0.39, 0.29) is 36.1 Å². The maximum Gasteiger partial charge on any atom is 0.257 e. The number of H-pyrrole nitrogens is 1. The van der Waals surface area contributed by atoms with Gasteiger partial charge >= 0.3 is 0 Å². The van der Waals surface area contributed by atoms with E-state index in [0.29, 0.717) is 23.1 Å². The fourth-order valence-electron chi connectivity index (χ4n) is 3.34. The molecule has 1 aliphatic heterocycles. The first-order valence-electron chi connectivity index (χ1n) is 10.7. The van der Waals surface area contributed by atoms with Gasteiger partial charge in [0.1, 0.15) is 28.7 Å². The number of rotatable bonds is 8. The van der Waals surface area contributed by atoms with Crippen LogP contribution in [-0.4, -0.2) is 38.3 Å². The number of amides is 1. The number of tetrazole rings is 1. The van der Waals surface area contributed by atoms with Crippen LogP contribution in [0, 0.1) is 11.6 Å². The van der Waals surface area contributed by atoms with E-state index in [0.717, 1.165) is 12.3 Å². The van der Waals surface area contributed by atoms with Crippen LogP contribution < -0.4 is 24.3 Å². The van der Waals surface area contributed by atoms with E-state index in [4.69, 9.17) is 18.9 Å². The molecule has 2 aromatic heterocycles. The highest BCUT2D eigenvalue weighted by atomic mass is 19.1. The minimum Gasteiger partial charge on any atom is -0.483 e. The van der Waals surface area contributed by atoms with Crippen LogP contribution in [0.25, 0.3) is 0 Å². The van der Waals surface area contributed by atoms with Crippen LogP contribution in [0.5, 0.6) is 28.9 Å². The molecule has 0 aliphatic carbocycles. The van der Waals surface area contributed by atoms with Crippen LogP contribution in [-0.2, 0) is 6.54 Å². The van der Waals surface area contributed by atoms with Crippen molar-refractivity contribution in [1.82, 2.24) is 30.9 Å². The van der Waals surface area contributed by atoms with E-state index < -0.39 is 23.6 Å². The molecule has 2 N–H and O–H groups in total. The van der Waals surface area contributed by atoms with Gasteiger partial charge in [-0.15, -0.1) is 5.10 Å². The maximum atomic E-state index is 14.6. The molecule has 11 nitrogen and oxygen atoms in total. The van der Waals surface area contributed by atoms with E-state index >= 15 is 0 Å². The maximum absolute atomic E-state index is 14.6. The van der Waals surface area contributed by atoms with Crippen LogP contribution in [0.1, 0.15) is 34.8 Å². The molecule has 0 spiro atoms. The second-order valence-electron chi connectivity index (χ2n) is 7.61. The average molecular weight is 496 g/mol. The van der Waals surface area contributed by atoms with Crippen LogP contribution in [0.15, 0.2) is 48.7 Å². The third kappa shape index (κ3) is 4.99. The molecule has 4 aromatic rings. The average Bonchev–Trinajstić information content (AvgIpc) is 3.57. The van der Waals surface area contributed by atoms with Gasteiger partial charge in [-0.05, 0) is 41.6 Å². The zero-order chi connectivity index (χ0) is 25.1. The monoisotopic (exact) mass is 496 g/mol. The third-order valence-electron chi connectivity index (χ3n) is 5.14. The molecule has 0 saturated heterocycles. The summed E-state index contributed by atoms with van der Waals surface area (Å²) in [6.45, 7) is 1.61. The third-order valence-corrected chi connectivity index (χ3v) is 5.14. The number of aromatic nitrogens is 5. The fourth-order valence-corrected chi connectivity index (χ4v) is 3.34. The van der Waals surface area contributed by atoms with Crippen molar-refractivity contribution >= 4 is 5.91 Å². The first kappa shape index (κ1) is 23.0. The smallest absolute Gasteiger partial charge is 0.257 e. The lowest BCUT2D eigenvalue weighted by molar-refractivity contribution is 0.0947. The summed E-state index contributed by atoms with van der Waals surface area (Å²) in [5.41, 5.74) is 0.0230. The van der Waals surface area contributed by atoms with Gasteiger partial charge in [0.25, 0.3) is 5.91 Å². The molecular formula is C23H18F2N6O5. The van der Waals surface area contributed by atoms with Crippen molar-refractivity contribution in [3.63, 3.8) is 0 Å². The molecule has 0 saturated carbocycles. The second kappa shape index (κ2) is 9.82. The zero-order valence-corrected chi connectivity index (χ0v) is 18.7. The Labute approximate surface area is 202 Å². The van der Waals surface area contributed by atoms with Gasteiger partial charge in [-0.25, -0.2) is 18.9 Å². The molecule has 1 atom stereocenters. The van der Waals surface area contributed by atoms with Crippen molar-refractivity contribution in [2.75, 3.05) is 6.79 Å². The summed E-state index contributed by atoms with van der Waals surface area (Å²) in [6, 6.07) is 9.97. The van der Waals surface area contributed by atoms with Gasteiger partial charge < -0.3 is 24.3 Å². The van der Waals surface area contributed by atoms with Gasteiger partial charge in [-0.1, -0.05) is 6.07 Å². The highest BCUT2D eigenvalue weighted by Crippen LogP contribution is 2.36. The highest BCUT2D eigenvalue weighted by molar-refractivity contribution is 5.96. The Morgan fingerprint density at radius 1 is 1.14 bits per heavy atom. The summed E-state index contributed by atoms with van der Waals surface area (Å²) in [6.07, 6.45) is 0.390. The topological polar surface area (TPSA) is 133 Å². The molecule has 5 rings (SSSR count). The first-order chi connectivity index (χ1) is 17.5.